The van der Waals surface area contributed by atoms with Crippen LogP contribution in [0.5, 0.6) is 5.75 Å². The lowest BCUT2D eigenvalue weighted by Gasteiger charge is -2.19. The van der Waals surface area contributed by atoms with E-state index in [4.69, 9.17) is 10.5 Å². The zero-order valence-electron chi connectivity index (χ0n) is 15.6. The maximum Gasteiger partial charge on any atom is 0.227 e. The molecule has 2 aromatic carbocycles. The molecule has 1 saturated carbocycles. The van der Waals surface area contributed by atoms with Crippen LogP contribution in [-0.2, 0) is 4.79 Å². The Kier molecular flexibility index (Phi) is 5.94. The molecule has 0 saturated heterocycles. The summed E-state index contributed by atoms with van der Waals surface area (Å²) in [5, 5.41) is 3.08. The molecule has 4 nitrogen and oxygen atoms in total. The van der Waals surface area contributed by atoms with Gasteiger partial charge in [-0.3, -0.25) is 4.79 Å². The van der Waals surface area contributed by atoms with Gasteiger partial charge in [-0.05, 0) is 68.5 Å². The average Bonchev–Trinajstić information content (AvgIpc) is 3.13. The molecule has 0 spiro atoms. The Bertz CT molecular complexity index is 745. The van der Waals surface area contributed by atoms with Crippen LogP contribution in [0.15, 0.2) is 48.5 Å². The van der Waals surface area contributed by atoms with E-state index < -0.39 is 0 Å². The van der Waals surface area contributed by atoms with E-state index in [9.17, 15) is 4.79 Å². The zero-order valence-corrected chi connectivity index (χ0v) is 15.6. The molecule has 0 aromatic heterocycles. The number of aryl methyl sites for hydroxylation is 1. The first kappa shape index (κ1) is 18.5. The van der Waals surface area contributed by atoms with Crippen molar-refractivity contribution in [2.24, 2.45) is 17.6 Å². The fraction of sp³-hybridized carbons (Fsp3) is 0.409. The molecule has 2 aromatic rings. The van der Waals surface area contributed by atoms with Gasteiger partial charge in [0.05, 0.1) is 0 Å². The number of nitrogens with one attached hydrogen (secondary N) is 1. The molecule has 3 N–H and O–H groups in total. The number of hydrogen-bond donors (Lipinski definition) is 2. The van der Waals surface area contributed by atoms with Crippen molar-refractivity contribution in [3.05, 3.63) is 59.7 Å². The summed E-state index contributed by atoms with van der Waals surface area (Å²) in [5.74, 6) is 1.24. The Hall–Kier alpha value is -2.33. The third-order valence-corrected chi connectivity index (χ3v) is 5.34. The number of hydrogen-bond acceptors (Lipinski definition) is 3. The highest BCUT2D eigenvalue weighted by molar-refractivity contribution is 5.93. The molecule has 0 radical (unpaired) electrons. The summed E-state index contributed by atoms with van der Waals surface area (Å²) in [6.07, 6.45) is 3.04. The lowest BCUT2D eigenvalue weighted by molar-refractivity contribution is -0.120. The van der Waals surface area contributed by atoms with Crippen molar-refractivity contribution in [1.29, 1.82) is 0 Å². The quantitative estimate of drug-likeness (QED) is 0.807. The normalized spacial score (nSPS) is 20.6. The van der Waals surface area contributed by atoms with Crippen molar-refractivity contribution in [1.82, 2.24) is 0 Å². The van der Waals surface area contributed by atoms with E-state index in [2.05, 4.69) is 17.4 Å². The minimum absolute atomic E-state index is 0.0279. The van der Waals surface area contributed by atoms with Gasteiger partial charge < -0.3 is 15.8 Å². The molecule has 3 atom stereocenters. The van der Waals surface area contributed by atoms with Gasteiger partial charge in [0, 0.05) is 11.6 Å². The van der Waals surface area contributed by atoms with Crippen LogP contribution >= 0.6 is 0 Å². The van der Waals surface area contributed by atoms with Crippen LogP contribution in [0, 0.1) is 18.8 Å². The van der Waals surface area contributed by atoms with Gasteiger partial charge in [0.25, 0.3) is 0 Å². The molecule has 1 amide bonds. The highest BCUT2D eigenvalue weighted by Gasteiger charge is 2.32. The summed E-state index contributed by atoms with van der Waals surface area (Å²) < 4.78 is 6.05. The van der Waals surface area contributed by atoms with Crippen LogP contribution in [0.3, 0.4) is 0 Å². The third-order valence-electron chi connectivity index (χ3n) is 5.34. The van der Waals surface area contributed by atoms with Gasteiger partial charge in [-0.2, -0.15) is 0 Å². The fourth-order valence-electron chi connectivity index (χ4n) is 3.74. The van der Waals surface area contributed by atoms with Crippen molar-refractivity contribution < 1.29 is 9.53 Å². The molecule has 138 valence electrons. The highest BCUT2D eigenvalue weighted by atomic mass is 16.5. The topological polar surface area (TPSA) is 64.3 Å². The molecule has 1 aliphatic rings. The average molecular weight is 352 g/mol. The van der Waals surface area contributed by atoms with E-state index in [1.807, 2.05) is 50.2 Å². The van der Waals surface area contributed by atoms with E-state index >= 15 is 0 Å². The summed E-state index contributed by atoms with van der Waals surface area (Å²) in [7, 11) is 0. The van der Waals surface area contributed by atoms with Crippen LogP contribution in [-0.4, -0.2) is 12.5 Å². The van der Waals surface area contributed by atoms with Gasteiger partial charge in [-0.1, -0.05) is 36.8 Å². The maximum atomic E-state index is 12.6. The molecule has 0 aliphatic heterocycles. The molecule has 0 heterocycles. The summed E-state index contributed by atoms with van der Waals surface area (Å²) >= 11 is 0. The number of ether oxygens (including phenoxy) is 1. The Morgan fingerprint density at radius 1 is 1.23 bits per heavy atom. The SMILES string of the molecule is Cc1cc(OC(C)c2ccccc2)ccc1NC(=O)[C@@H]1CCC[C@@H]1CN. The Balaban J connectivity index is 1.65. The third kappa shape index (κ3) is 4.25. The van der Waals surface area contributed by atoms with Crippen LogP contribution in [0.4, 0.5) is 5.69 Å². The van der Waals surface area contributed by atoms with Crippen LogP contribution in [0.1, 0.15) is 43.4 Å². The van der Waals surface area contributed by atoms with Gasteiger partial charge >= 0.3 is 0 Å². The standard InChI is InChI=1S/C22H28N2O2/c1-15-13-19(26-16(2)17-7-4-3-5-8-17)11-12-21(15)24-22(25)20-10-6-9-18(20)14-23/h3-5,7-8,11-13,16,18,20H,6,9-10,14,23H2,1-2H3,(H,24,25)/t16?,18-,20-/m1/s1. The van der Waals surface area contributed by atoms with E-state index in [0.717, 1.165) is 41.8 Å². The first-order valence-electron chi connectivity index (χ1n) is 9.41. The van der Waals surface area contributed by atoms with Crippen LogP contribution in [0.25, 0.3) is 0 Å². The molecular formula is C22H28N2O2. The highest BCUT2D eigenvalue weighted by Crippen LogP contribution is 2.33. The fourth-order valence-corrected chi connectivity index (χ4v) is 3.74. The van der Waals surface area contributed by atoms with E-state index in [0.29, 0.717) is 12.5 Å². The Labute approximate surface area is 155 Å². The van der Waals surface area contributed by atoms with Crippen molar-refractivity contribution in [3.63, 3.8) is 0 Å². The minimum Gasteiger partial charge on any atom is -0.486 e. The number of benzene rings is 2. The van der Waals surface area contributed by atoms with Gasteiger partial charge in [0.15, 0.2) is 0 Å². The summed E-state index contributed by atoms with van der Waals surface area (Å²) in [5.41, 5.74) is 8.78. The molecule has 1 aliphatic carbocycles. The second-order valence-electron chi connectivity index (χ2n) is 7.17. The molecule has 0 bridgehead atoms. The largest absolute Gasteiger partial charge is 0.486 e. The lowest BCUT2D eigenvalue weighted by atomic mass is 9.95. The van der Waals surface area contributed by atoms with Crippen LogP contribution < -0.4 is 15.8 Å². The number of nitrogens with two attached hydrogens (primary N) is 1. The minimum atomic E-state index is -0.0279. The Morgan fingerprint density at radius 2 is 2.00 bits per heavy atom. The van der Waals surface area contributed by atoms with E-state index in [1.54, 1.807) is 0 Å². The monoisotopic (exact) mass is 352 g/mol. The number of carbonyl (C=O) groups excluding carboxylic acids is 1. The lowest BCUT2D eigenvalue weighted by Crippen LogP contribution is -2.29. The number of rotatable bonds is 6. The van der Waals surface area contributed by atoms with Gasteiger partial charge in [-0.25, -0.2) is 0 Å². The number of amides is 1. The molecule has 1 fully saturated rings. The predicted octanol–water partition coefficient (Wildman–Crippen LogP) is 4.45. The van der Waals surface area contributed by atoms with Gasteiger partial charge in [0.2, 0.25) is 5.91 Å². The number of carbonyl (C=O) groups is 1. The first-order valence-corrected chi connectivity index (χ1v) is 9.41. The second kappa shape index (κ2) is 8.37. The predicted molar refractivity (Wildman–Crippen MR) is 105 cm³/mol. The summed E-state index contributed by atoms with van der Waals surface area (Å²) in [6, 6.07) is 15.9. The molecular weight excluding hydrogens is 324 g/mol. The van der Waals surface area contributed by atoms with E-state index in [1.165, 1.54) is 0 Å². The maximum absolute atomic E-state index is 12.6. The second-order valence-corrected chi connectivity index (χ2v) is 7.17. The van der Waals surface area contributed by atoms with Crippen molar-refractivity contribution in [2.45, 2.75) is 39.2 Å². The van der Waals surface area contributed by atoms with E-state index in [-0.39, 0.29) is 17.9 Å². The molecule has 3 rings (SSSR count). The first-order chi connectivity index (χ1) is 12.6. The zero-order chi connectivity index (χ0) is 18.5. The summed E-state index contributed by atoms with van der Waals surface area (Å²) in [4.78, 5) is 12.6. The van der Waals surface area contributed by atoms with Gasteiger partial charge in [-0.15, -0.1) is 0 Å². The van der Waals surface area contributed by atoms with Crippen LogP contribution in [0.2, 0.25) is 0 Å². The van der Waals surface area contributed by atoms with Crippen molar-refractivity contribution in [3.8, 4) is 5.75 Å². The molecule has 1 unspecified atom stereocenters. The van der Waals surface area contributed by atoms with Gasteiger partial charge in [0.1, 0.15) is 11.9 Å². The Morgan fingerprint density at radius 3 is 2.69 bits per heavy atom. The number of anilines is 1. The van der Waals surface area contributed by atoms with Crippen molar-refractivity contribution >= 4 is 11.6 Å². The smallest absolute Gasteiger partial charge is 0.227 e. The molecule has 26 heavy (non-hydrogen) atoms. The van der Waals surface area contributed by atoms with Crippen molar-refractivity contribution in [2.75, 3.05) is 11.9 Å². The molecule has 4 heteroatoms. The summed E-state index contributed by atoms with van der Waals surface area (Å²) in [6.45, 7) is 4.61.